The molecule has 1 aromatic heterocycles. The first-order valence-corrected chi connectivity index (χ1v) is 8.17. The van der Waals surface area contributed by atoms with Gasteiger partial charge in [0.25, 0.3) is 0 Å². The summed E-state index contributed by atoms with van der Waals surface area (Å²) in [6, 6.07) is 0. The van der Waals surface area contributed by atoms with Crippen molar-refractivity contribution in [3.63, 3.8) is 0 Å². The SMILES string of the molecule is CCCNCC(C)S(=O)(=O)NCCc1nccn1C. The molecule has 1 unspecified atom stereocenters. The highest BCUT2D eigenvalue weighted by atomic mass is 32.2. The van der Waals surface area contributed by atoms with Gasteiger partial charge in [0.2, 0.25) is 10.0 Å². The second-order valence-corrected chi connectivity index (χ2v) is 6.84. The summed E-state index contributed by atoms with van der Waals surface area (Å²) in [5.74, 6) is 0.875. The number of rotatable bonds is 9. The van der Waals surface area contributed by atoms with Crippen LogP contribution in [0.25, 0.3) is 0 Å². The van der Waals surface area contributed by atoms with E-state index < -0.39 is 15.3 Å². The van der Waals surface area contributed by atoms with Crippen molar-refractivity contribution in [2.24, 2.45) is 7.05 Å². The van der Waals surface area contributed by atoms with E-state index in [0.29, 0.717) is 19.5 Å². The summed E-state index contributed by atoms with van der Waals surface area (Å²) < 4.78 is 28.4. The Balaban J connectivity index is 2.36. The molecule has 0 aliphatic rings. The van der Waals surface area contributed by atoms with Crippen LogP contribution in [-0.2, 0) is 23.5 Å². The van der Waals surface area contributed by atoms with Gasteiger partial charge in [0.05, 0.1) is 5.25 Å². The lowest BCUT2D eigenvalue weighted by Crippen LogP contribution is -2.40. The summed E-state index contributed by atoms with van der Waals surface area (Å²) in [7, 11) is -1.36. The monoisotopic (exact) mass is 288 g/mol. The summed E-state index contributed by atoms with van der Waals surface area (Å²) in [6.45, 7) is 5.47. The van der Waals surface area contributed by atoms with Crippen molar-refractivity contribution in [3.8, 4) is 0 Å². The molecule has 110 valence electrons. The number of imidazole rings is 1. The number of nitrogens with zero attached hydrogens (tertiary/aromatic N) is 2. The van der Waals surface area contributed by atoms with Crippen LogP contribution in [0.2, 0.25) is 0 Å². The number of aryl methyl sites for hydroxylation is 1. The third-order valence-corrected chi connectivity index (χ3v) is 4.79. The standard InChI is InChI=1S/C12H24N4O2S/c1-4-6-13-10-11(2)19(17,18)15-7-5-12-14-8-9-16(12)3/h8-9,11,13,15H,4-7,10H2,1-3H3. The molecule has 0 saturated carbocycles. The quantitative estimate of drug-likeness (QED) is 0.640. The first kappa shape index (κ1) is 16.1. The van der Waals surface area contributed by atoms with E-state index in [0.717, 1.165) is 18.8 Å². The maximum Gasteiger partial charge on any atom is 0.215 e. The molecule has 0 saturated heterocycles. The van der Waals surface area contributed by atoms with Gasteiger partial charge in [-0.15, -0.1) is 0 Å². The van der Waals surface area contributed by atoms with Gasteiger partial charge in [0, 0.05) is 39.0 Å². The van der Waals surface area contributed by atoms with Crippen molar-refractivity contribution in [2.75, 3.05) is 19.6 Å². The normalized spacial score (nSPS) is 13.6. The van der Waals surface area contributed by atoms with Gasteiger partial charge in [0.15, 0.2) is 0 Å². The highest BCUT2D eigenvalue weighted by Gasteiger charge is 2.19. The highest BCUT2D eigenvalue weighted by Crippen LogP contribution is 1.99. The average Bonchev–Trinajstić information content (AvgIpc) is 2.75. The number of hydrogen-bond acceptors (Lipinski definition) is 4. The third kappa shape index (κ3) is 5.30. The minimum absolute atomic E-state index is 0.380. The van der Waals surface area contributed by atoms with Crippen LogP contribution in [0.5, 0.6) is 0 Å². The van der Waals surface area contributed by atoms with E-state index >= 15 is 0 Å². The van der Waals surface area contributed by atoms with E-state index in [9.17, 15) is 8.42 Å². The lowest BCUT2D eigenvalue weighted by Gasteiger charge is -2.14. The van der Waals surface area contributed by atoms with E-state index in [4.69, 9.17) is 0 Å². The van der Waals surface area contributed by atoms with Gasteiger partial charge in [-0.3, -0.25) is 0 Å². The van der Waals surface area contributed by atoms with Crippen LogP contribution in [0.15, 0.2) is 12.4 Å². The fraction of sp³-hybridized carbons (Fsp3) is 0.750. The summed E-state index contributed by atoms with van der Waals surface area (Å²) in [5.41, 5.74) is 0. The van der Waals surface area contributed by atoms with Gasteiger partial charge in [0.1, 0.15) is 5.82 Å². The Labute approximate surface area is 115 Å². The minimum Gasteiger partial charge on any atom is -0.338 e. The van der Waals surface area contributed by atoms with Gasteiger partial charge in [-0.1, -0.05) is 6.92 Å². The van der Waals surface area contributed by atoms with Gasteiger partial charge in [-0.05, 0) is 19.9 Å². The first-order chi connectivity index (χ1) is 8.97. The maximum absolute atomic E-state index is 12.0. The Morgan fingerprint density at radius 3 is 2.74 bits per heavy atom. The molecule has 19 heavy (non-hydrogen) atoms. The lowest BCUT2D eigenvalue weighted by atomic mass is 10.4. The fourth-order valence-corrected chi connectivity index (χ4v) is 2.68. The Morgan fingerprint density at radius 1 is 1.42 bits per heavy atom. The predicted molar refractivity (Wildman–Crippen MR) is 76.5 cm³/mol. The second-order valence-electron chi connectivity index (χ2n) is 4.66. The fourth-order valence-electron chi connectivity index (χ4n) is 1.68. The van der Waals surface area contributed by atoms with Crippen LogP contribution >= 0.6 is 0 Å². The summed E-state index contributed by atoms with van der Waals surface area (Å²) in [5, 5.41) is 2.69. The van der Waals surface area contributed by atoms with Crippen LogP contribution in [0.3, 0.4) is 0 Å². The maximum atomic E-state index is 12.0. The number of sulfonamides is 1. The van der Waals surface area contributed by atoms with E-state index in [1.165, 1.54) is 0 Å². The Bertz CT molecular complexity index is 470. The molecule has 0 aliphatic carbocycles. The Hall–Kier alpha value is -0.920. The van der Waals surface area contributed by atoms with E-state index in [1.54, 1.807) is 13.1 Å². The highest BCUT2D eigenvalue weighted by molar-refractivity contribution is 7.90. The summed E-state index contributed by atoms with van der Waals surface area (Å²) in [6.07, 6.45) is 5.15. The zero-order valence-electron chi connectivity index (χ0n) is 11.9. The van der Waals surface area contributed by atoms with Crippen LogP contribution in [0.4, 0.5) is 0 Å². The zero-order chi connectivity index (χ0) is 14.3. The second kappa shape index (κ2) is 7.62. The van der Waals surface area contributed by atoms with Crippen molar-refractivity contribution in [3.05, 3.63) is 18.2 Å². The van der Waals surface area contributed by atoms with Crippen molar-refractivity contribution in [1.29, 1.82) is 0 Å². The van der Waals surface area contributed by atoms with E-state index in [1.807, 2.05) is 17.8 Å². The summed E-state index contributed by atoms with van der Waals surface area (Å²) >= 11 is 0. The molecule has 2 N–H and O–H groups in total. The topological polar surface area (TPSA) is 76.0 Å². The number of hydrogen-bond donors (Lipinski definition) is 2. The lowest BCUT2D eigenvalue weighted by molar-refractivity contribution is 0.556. The van der Waals surface area contributed by atoms with Crippen molar-refractivity contribution in [2.45, 2.75) is 31.9 Å². The van der Waals surface area contributed by atoms with Gasteiger partial charge >= 0.3 is 0 Å². The molecule has 7 heteroatoms. The van der Waals surface area contributed by atoms with Gasteiger partial charge in [-0.2, -0.15) is 0 Å². The van der Waals surface area contributed by atoms with E-state index in [2.05, 4.69) is 21.9 Å². The molecule has 6 nitrogen and oxygen atoms in total. The Kier molecular flexibility index (Phi) is 6.47. The average molecular weight is 288 g/mol. The molecule has 0 radical (unpaired) electrons. The third-order valence-electron chi connectivity index (χ3n) is 2.96. The molecule has 0 aromatic carbocycles. The van der Waals surface area contributed by atoms with Crippen molar-refractivity contribution in [1.82, 2.24) is 19.6 Å². The zero-order valence-corrected chi connectivity index (χ0v) is 12.7. The molecule has 0 bridgehead atoms. The molecule has 1 atom stereocenters. The van der Waals surface area contributed by atoms with Crippen LogP contribution in [0, 0.1) is 0 Å². The van der Waals surface area contributed by atoms with Crippen molar-refractivity contribution < 1.29 is 8.42 Å². The molecule has 0 aliphatic heterocycles. The molecule has 1 rings (SSSR count). The van der Waals surface area contributed by atoms with Crippen LogP contribution in [0.1, 0.15) is 26.1 Å². The van der Waals surface area contributed by atoms with Gasteiger partial charge < -0.3 is 9.88 Å². The van der Waals surface area contributed by atoms with Gasteiger partial charge in [-0.25, -0.2) is 18.1 Å². The van der Waals surface area contributed by atoms with Crippen molar-refractivity contribution >= 4 is 10.0 Å². The Morgan fingerprint density at radius 2 is 2.16 bits per heavy atom. The number of aromatic nitrogens is 2. The molecule has 0 fully saturated rings. The molecular weight excluding hydrogens is 264 g/mol. The molecule has 0 amide bonds. The predicted octanol–water partition coefficient (Wildman–Crippen LogP) is 0.270. The number of nitrogens with one attached hydrogen (secondary N) is 2. The molecular formula is C12H24N4O2S. The molecule has 0 spiro atoms. The molecule has 1 aromatic rings. The smallest absolute Gasteiger partial charge is 0.215 e. The minimum atomic E-state index is -3.26. The van der Waals surface area contributed by atoms with Crippen LogP contribution < -0.4 is 10.0 Å². The molecule has 1 heterocycles. The van der Waals surface area contributed by atoms with Crippen LogP contribution in [-0.4, -0.2) is 42.9 Å². The first-order valence-electron chi connectivity index (χ1n) is 6.62. The van der Waals surface area contributed by atoms with E-state index in [-0.39, 0.29) is 0 Å². The summed E-state index contributed by atoms with van der Waals surface area (Å²) in [4.78, 5) is 4.16. The largest absolute Gasteiger partial charge is 0.338 e.